The molecule has 2 aromatic heterocycles. The maximum atomic E-state index is 11.8. The summed E-state index contributed by atoms with van der Waals surface area (Å²) >= 11 is 0. The van der Waals surface area contributed by atoms with Gasteiger partial charge in [-0.3, -0.25) is 0 Å². The number of rotatable bonds is 5. The van der Waals surface area contributed by atoms with Gasteiger partial charge in [-0.1, -0.05) is 18.2 Å². The van der Waals surface area contributed by atoms with Crippen molar-refractivity contribution in [2.75, 3.05) is 24.2 Å². The number of anilines is 1. The number of sulfonamides is 1. The number of piperidine rings is 1. The number of benzene rings is 1. The minimum absolute atomic E-state index is 0.0500. The lowest BCUT2D eigenvalue weighted by atomic mass is 10.0. The number of carbonyl (C=O) groups is 1. The summed E-state index contributed by atoms with van der Waals surface area (Å²) in [6.07, 6.45) is 2.42. The Balaban J connectivity index is 1.77. The van der Waals surface area contributed by atoms with Crippen LogP contribution in [0.3, 0.4) is 0 Å². The second kappa shape index (κ2) is 7.69. The van der Waals surface area contributed by atoms with Crippen LogP contribution in [0.25, 0.3) is 16.7 Å². The molecule has 1 fully saturated rings. The van der Waals surface area contributed by atoms with Crippen molar-refractivity contribution < 1.29 is 18.3 Å². The van der Waals surface area contributed by atoms with Gasteiger partial charge in [0, 0.05) is 19.1 Å². The number of aromatic nitrogens is 3. The Bertz CT molecular complexity index is 1200. The summed E-state index contributed by atoms with van der Waals surface area (Å²) in [5.41, 5.74) is 2.75. The van der Waals surface area contributed by atoms with Crippen LogP contribution in [0.2, 0.25) is 0 Å². The number of hydrogen-bond acceptors (Lipinski definition) is 6. The molecule has 0 amide bonds. The molecule has 3 heterocycles. The van der Waals surface area contributed by atoms with Crippen LogP contribution in [0, 0.1) is 6.92 Å². The van der Waals surface area contributed by atoms with Gasteiger partial charge >= 0.3 is 5.97 Å². The molecule has 2 N–H and O–H groups in total. The minimum atomic E-state index is -3.26. The molecule has 1 aliphatic rings. The number of pyridine rings is 1. The lowest BCUT2D eigenvalue weighted by Crippen LogP contribution is -2.44. The fourth-order valence-electron chi connectivity index (χ4n) is 3.92. The van der Waals surface area contributed by atoms with Crippen LogP contribution < -0.4 is 9.62 Å². The van der Waals surface area contributed by atoms with E-state index in [1.54, 1.807) is 10.7 Å². The molecule has 0 spiro atoms. The average molecular weight is 430 g/mol. The van der Waals surface area contributed by atoms with Gasteiger partial charge in [0.15, 0.2) is 11.3 Å². The molecule has 1 saturated heterocycles. The summed E-state index contributed by atoms with van der Waals surface area (Å²) < 4.78 is 27.4. The molecular formula is C20H23N5O4S. The monoisotopic (exact) mass is 429 g/mol. The molecule has 1 aliphatic heterocycles. The number of para-hydroxylation sites is 1. The number of carboxylic acids is 1. The molecule has 30 heavy (non-hydrogen) atoms. The van der Waals surface area contributed by atoms with Crippen LogP contribution in [-0.4, -0.2) is 59.6 Å². The fraction of sp³-hybridized carbons (Fsp3) is 0.350. The molecule has 0 bridgehead atoms. The van der Waals surface area contributed by atoms with E-state index in [-0.39, 0.29) is 11.7 Å². The van der Waals surface area contributed by atoms with Gasteiger partial charge in [-0.15, -0.1) is 0 Å². The maximum Gasteiger partial charge on any atom is 0.354 e. The van der Waals surface area contributed by atoms with Crippen molar-refractivity contribution in [1.82, 2.24) is 19.5 Å². The Kier molecular flexibility index (Phi) is 5.20. The van der Waals surface area contributed by atoms with Crippen LogP contribution in [0.1, 0.15) is 29.0 Å². The molecule has 9 nitrogen and oxygen atoms in total. The van der Waals surface area contributed by atoms with Crippen molar-refractivity contribution in [2.24, 2.45) is 0 Å². The summed E-state index contributed by atoms with van der Waals surface area (Å²) in [5, 5.41) is 15.0. The lowest BCUT2D eigenvalue weighted by Gasteiger charge is -2.34. The Morgan fingerprint density at radius 2 is 1.87 bits per heavy atom. The summed E-state index contributed by atoms with van der Waals surface area (Å²) in [5.74, 6) is -1.11. The summed E-state index contributed by atoms with van der Waals surface area (Å²) in [7, 11) is -3.26. The van der Waals surface area contributed by atoms with E-state index in [1.807, 2.05) is 37.3 Å². The second-order valence-electron chi connectivity index (χ2n) is 7.51. The van der Waals surface area contributed by atoms with Crippen LogP contribution in [0.5, 0.6) is 0 Å². The fourth-order valence-corrected chi connectivity index (χ4v) is 4.76. The topological polar surface area (TPSA) is 117 Å². The van der Waals surface area contributed by atoms with Crippen molar-refractivity contribution >= 4 is 32.7 Å². The highest BCUT2D eigenvalue weighted by Crippen LogP contribution is 2.33. The first-order valence-electron chi connectivity index (χ1n) is 9.64. The summed E-state index contributed by atoms with van der Waals surface area (Å²) in [6, 6.07) is 10.9. The van der Waals surface area contributed by atoms with Gasteiger partial charge in [0.2, 0.25) is 10.0 Å². The molecule has 0 saturated carbocycles. The number of nitrogens with zero attached hydrogens (tertiary/aromatic N) is 4. The summed E-state index contributed by atoms with van der Waals surface area (Å²) in [6.45, 7) is 3.08. The lowest BCUT2D eigenvalue weighted by molar-refractivity contribution is 0.0691. The average Bonchev–Trinajstić information content (AvgIpc) is 3.04. The third-order valence-corrected chi connectivity index (χ3v) is 5.99. The quantitative estimate of drug-likeness (QED) is 0.636. The summed E-state index contributed by atoms with van der Waals surface area (Å²) in [4.78, 5) is 18.2. The van der Waals surface area contributed by atoms with Crippen LogP contribution in [0.15, 0.2) is 36.4 Å². The normalized spacial score (nSPS) is 15.6. The van der Waals surface area contributed by atoms with Gasteiger partial charge in [-0.2, -0.15) is 5.10 Å². The first-order valence-corrected chi connectivity index (χ1v) is 11.5. The van der Waals surface area contributed by atoms with Crippen molar-refractivity contribution in [3.63, 3.8) is 0 Å². The van der Waals surface area contributed by atoms with E-state index in [0.717, 1.165) is 28.7 Å². The van der Waals surface area contributed by atoms with Crippen LogP contribution >= 0.6 is 0 Å². The molecule has 3 aromatic rings. The second-order valence-corrected chi connectivity index (χ2v) is 9.29. The third kappa shape index (κ3) is 4.01. The van der Waals surface area contributed by atoms with Gasteiger partial charge in [-0.05, 0) is 38.0 Å². The van der Waals surface area contributed by atoms with E-state index >= 15 is 0 Å². The van der Waals surface area contributed by atoms with Crippen LogP contribution in [0.4, 0.5) is 5.69 Å². The van der Waals surface area contributed by atoms with Gasteiger partial charge in [0.05, 0.1) is 28.7 Å². The standard InChI is InChI=1S/C20H23N5O4S/c1-13-18-17(24-10-8-14(9-11-24)23-30(2,28)29)12-16(20(26)27)21-19(18)25(22-13)15-6-4-3-5-7-15/h3-7,12,14,23H,8-11H2,1-2H3,(H,26,27). The first-order chi connectivity index (χ1) is 14.2. The number of nitrogens with one attached hydrogen (secondary N) is 1. The van der Waals surface area contributed by atoms with E-state index in [2.05, 4.69) is 19.7 Å². The molecule has 10 heteroatoms. The minimum Gasteiger partial charge on any atom is -0.477 e. The molecule has 0 radical (unpaired) electrons. The zero-order chi connectivity index (χ0) is 21.5. The van der Waals surface area contributed by atoms with Gasteiger partial charge in [0.1, 0.15) is 0 Å². The Hall–Kier alpha value is -2.98. The largest absolute Gasteiger partial charge is 0.477 e. The number of carboxylic acid groups (broad SMARTS) is 1. The van der Waals surface area contributed by atoms with Crippen molar-refractivity contribution in [1.29, 1.82) is 0 Å². The highest BCUT2D eigenvalue weighted by molar-refractivity contribution is 7.88. The SMILES string of the molecule is Cc1nn(-c2ccccc2)c2nc(C(=O)O)cc(N3CCC(NS(C)(=O)=O)CC3)c12. The van der Waals surface area contributed by atoms with Gasteiger partial charge < -0.3 is 10.0 Å². The third-order valence-electron chi connectivity index (χ3n) is 5.23. The zero-order valence-electron chi connectivity index (χ0n) is 16.7. The van der Waals surface area contributed by atoms with Crippen LogP contribution in [-0.2, 0) is 10.0 Å². The van der Waals surface area contributed by atoms with E-state index in [0.29, 0.717) is 31.6 Å². The van der Waals surface area contributed by atoms with Crippen molar-refractivity contribution in [3.05, 3.63) is 47.8 Å². The smallest absolute Gasteiger partial charge is 0.354 e. The number of aryl methyl sites for hydroxylation is 1. The van der Waals surface area contributed by atoms with E-state index < -0.39 is 16.0 Å². The molecule has 4 rings (SSSR count). The molecule has 0 aliphatic carbocycles. The molecule has 158 valence electrons. The van der Waals surface area contributed by atoms with Gasteiger partial charge in [0.25, 0.3) is 0 Å². The van der Waals surface area contributed by atoms with E-state index in [9.17, 15) is 18.3 Å². The predicted octanol–water partition coefficient (Wildman–Crippen LogP) is 1.95. The van der Waals surface area contributed by atoms with E-state index in [4.69, 9.17) is 0 Å². The molecule has 0 unspecified atom stereocenters. The molecule has 1 aromatic carbocycles. The highest BCUT2D eigenvalue weighted by atomic mass is 32.2. The zero-order valence-corrected chi connectivity index (χ0v) is 17.6. The Labute approximate surface area is 174 Å². The number of aromatic carboxylic acids is 1. The van der Waals surface area contributed by atoms with Gasteiger partial charge in [-0.25, -0.2) is 27.6 Å². The number of hydrogen-bond donors (Lipinski definition) is 2. The van der Waals surface area contributed by atoms with Crippen molar-refractivity contribution in [2.45, 2.75) is 25.8 Å². The molecular weight excluding hydrogens is 406 g/mol. The Morgan fingerprint density at radius 3 is 2.47 bits per heavy atom. The van der Waals surface area contributed by atoms with Crippen molar-refractivity contribution in [3.8, 4) is 5.69 Å². The number of fused-ring (bicyclic) bond motifs is 1. The first kappa shape index (κ1) is 20.3. The highest BCUT2D eigenvalue weighted by Gasteiger charge is 2.26. The Morgan fingerprint density at radius 1 is 1.20 bits per heavy atom. The van der Waals surface area contributed by atoms with E-state index in [1.165, 1.54) is 0 Å². The predicted molar refractivity (Wildman–Crippen MR) is 114 cm³/mol. The maximum absolute atomic E-state index is 11.8. The molecule has 0 atom stereocenters.